The minimum atomic E-state index is 0.296. The fraction of sp³-hybridized carbons (Fsp3) is 0.545. The zero-order valence-electron chi connectivity index (χ0n) is 9.19. The second-order valence-electron chi connectivity index (χ2n) is 3.78. The third-order valence-electron chi connectivity index (χ3n) is 2.59. The molecule has 0 spiro atoms. The first-order valence-corrected chi connectivity index (χ1v) is 5.50. The van der Waals surface area contributed by atoms with E-state index in [0.29, 0.717) is 18.5 Å². The molecule has 1 aliphatic heterocycles. The van der Waals surface area contributed by atoms with Crippen LogP contribution in [0.15, 0.2) is 18.2 Å². The van der Waals surface area contributed by atoms with Crippen LogP contribution in [0.1, 0.15) is 18.5 Å². The lowest BCUT2D eigenvalue weighted by Gasteiger charge is -2.22. The van der Waals surface area contributed by atoms with E-state index >= 15 is 0 Å². The van der Waals surface area contributed by atoms with E-state index in [1.807, 2.05) is 18.2 Å². The molecular formula is C11H17N3O2. The Labute approximate surface area is 94.9 Å². The lowest BCUT2D eigenvalue weighted by molar-refractivity contribution is -0.0399. The van der Waals surface area contributed by atoms with Crippen LogP contribution in [-0.4, -0.2) is 24.3 Å². The highest BCUT2D eigenvalue weighted by molar-refractivity contribution is 5.33. The normalized spacial score (nSPS) is 17.3. The van der Waals surface area contributed by atoms with Gasteiger partial charge in [-0.05, 0) is 25.0 Å². The molecule has 1 saturated heterocycles. The summed E-state index contributed by atoms with van der Waals surface area (Å²) in [5.74, 6) is 5.95. The first-order chi connectivity index (χ1) is 7.88. The molecule has 1 aromatic heterocycles. The molecule has 2 rings (SSSR count). The van der Waals surface area contributed by atoms with E-state index in [1.54, 1.807) is 0 Å². The number of ether oxygens (including phenoxy) is 2. The topological polar surface area (TPSA) is 69.4 Å². The zero-order chi connectivity index (χ0) is 11.2. The molecule has 1 fully saturated rings. The molecule has 0 aromatic carbocycles. The zero-order valence-corrected chi connectivity index (χ0v) is 9.19. The van der Waals surface area contributed by atoms with Crippen LogP contribution in [-0.2, 0) is 16.1 Å². The van der Waals surface area contributed by atoms with Crippen molar-refractivity contribution in [2.45, 2.75) is 25.6 Å². The van der Waals surface area contributed by atoms with E-state index < -0.39 is 0 Å². The van der Waals surface area contributed by atoms with Crippen LogP contribution in [0.3, 0.4) is 0 Å². The largest absolute Gasteiger partial charge is 0.381 e. The number of rotatable bonds is 4. The van der Waals surface area contributed by atoms with Gasteiger partial charge in [0.15, 0.2) is 0 Å². The lowest BCUT2D eigenvalue weighted by Crippen LogP contribution is -2.23. The summed E-state index contributed by atoms with van der Waals surface area (Å²) in [7, 11) is 0. The second-order valence-corrected chi connectivity index (χ2v) is 3.78. The van der Waals surface area contributed by atoms with Gasteiger partial charge in [0.1, 0.15) is 5.82 Å². The van der Waals surface area contributed by atoms with Crippen LogP contribution >= 0.6 is 0 Å². The van der Waals surface area contributed by atoms with Gasteiger partial charge in [-0.1, -0.05) is 6.07 Å². The van der Waals surface area contributed by atoms with Crippen LogP contribution in [0.25, 0.3) is 0 Å². The number of nitrogens with two attached hydrogens (primary N) is 1. The molecule has 1 aromatic rings. The predicted octanol–water partition coefficient (Wildman–Crippen LogP) is 1.06. The molecule has 0 radical (unpaired) electrons. The van der Waals surface area contributed by atoms with Gasteiger partial charge in [0.05, 0.1) is 18.4 Å². The van der Waals surface area contributed by atoms with E-state index in [1.165, 1.54) is 0 Å². The van der Waals surface area contributed by atoms with Crippen LogP contribution in [0.4, 0.5) is 5.82 Å². The maximum atomic E-state index is 5.76. The monoisotopic (exact) mass is 223 g/mol. The molecular weight excluding hydrogens is 206 g/mol. The summed E-state index contributed by atoms with van der Waals surface area (Å²) in [6.07, 6.45) is 2.23. The molecule has 5 nitrogen and oxygen atoms in total. The molecule has 0 unspecified atom stereocenters. The number of nitrogen functional groups attached to an aromatic ring is 1. The standard InChI is InChI=1S/C11H17N3O2/c12-14-11-3-1-2-9(13-11)8-16-10-4-6-15-7-5-10/h1-3,10H,4-8,12H2,(H,13,14). The molecule has 3 N–H and O–H groups in total. The van der Waals surface area contributed by atoms with Gasteiger partial charge in [-0.25, -0.2) is 10.8 Å². The highest BCUT2D eigenvalue weighted by Crippen LogP contribution is 2.13. The maximum absolute atomic E-state index is 5.76. The van der Waals surface area contributed by atoms with Crippen molar-refractivity contribution in [3.63, 3.8) is 0 Å². The fourth-order valence-corrected chi connectivity index (χ4v) is 1.69. The Bertz CT molecular complexity index is 327. The van der Waals surface area contributed by atoms with Gasteiger partial charge in [-0.15, -0.1) is 0 Å². The summed E-state index contributed by atoms with van der Waals surface area (Å²) < 4.78 is 11.0. The molecule has 2 heterocycles. The van der Waals surface area contributed by atoms with E-state index in [0.717, 1.165) is 31.7 Å². The van der Waals surface area contributed by atoms with Crippen molar-refractivity contribution in [1.82, 2.24) is 4.98 Å². The summed E-state index contributed by atoms with van der Waals surface area (Å²) in [4.78, 5) is 4.28. The Morgan fingerprint density at radius 1 is 1.44 bits per heavy atom. The quantitative estimate of drug-likeness (QED) is 0.590. The Morgan fingerprint density at radius 2 is 2.25 bits per heavy atom. The van der Waals surface area contributed by atoms with Crippen molar-refractivity contribution in [3.8, 4) is 0 Å². The van der Waals surface area contributed by atoms with E-state index in [9.17, 15) is 0 Å². The van der Waals surface area contributed by atoms with Crippen molar-refractivity contribution in [3.05, 3.63) is 23.9 Å². The number of hydrazine groups is 1. The number of nitrogens with one attached hydrogen (secondary N) is 1. The summed E-state index contributed by atoms with van der Waals surface area (Å²) >= 11 is 0. The second kappa shape index (κ2) is 5.79. The molecule has 16 heavy (non-hydrogen) atoms. The van der Waals surface area contributed by atoms with Gasteiger partial charge in [-0.3, -0.25) is 0 Å². The Balaban J connectivity index is 1.83. The summed E-state index contributed by atoms with van der Waals surface area (Å²) in [5, 5.41) is 0. The van der Waals surface area contributed by atoms with Crippen LogP contribution in [0, 0.1) is 0 Å². The lowest BCUT2D eigenvalue weighted by atomic mass is 10.1. The van der Waals surface area contributed by atoms with Gasteiger partial charge in [0.25, 0.3) is 0 Å². The predicted molar refractivity (Wildman–Crippen MR) is 60.7 cm³/mol. The van der Waals surface area contributed by atoms with Gasteiger partial charge >= 0.3 is 0 Å². The number of pyridine rings is 1. The highest BCUT2D eigenvalue weighted by Gasteiger charge is 2.14. The summed E-state index contributed by atoms with van der Waals surface area (Å²) in [6.45, 7) is 2.12. The molecule has 0 bridgehead atoms. The Morgan fingerprint density at radius 3 is 3.00 bits per heavy atom. The third kappa shape index (κ3) is 3.16. The molecule has 88 valence electrons. The van der Waals surface area contributed by atoms with Crippen molar-refractivity contribution in [1.29, 1.82) is 0 Å². The van der Waals surface area contributed by atoms with Gasteiger partial charge < -0.3 is 14.9 Å². The Hall–Kier alpha value is -1.17. The van der Waals surface area contributed by atoms with Crippen LogP contribution < -0.4 is 11.3 Å². The van der Waals surface area contributed by atoms with E-state index in [-0.39, 0.29) is 0 Å². The molecule has 0 aliphatic carbocycles. The number of aromatic nitrogens is 1. The number of hydrogen-bond donors (Lipinski definition) is 2. The average molecular weight is 223 g/mol. The van der Waals surface area contributed by atoms with Gasteiger partial charge in [-0.2, -0.15) is 0 Å². The molecule has 0 saturated carbocycles. The van der Waals surface area contributed by atoms with Crippen LogP contribution in [0.2, 0.25) is 0 Å². The maximum Gasteiger partial charge on any atom is 0.140 e. The minimum Gasteiger partial charge on any atom is -0.381 e. The van der Waals surface area contributed by atoms with Crippen molar-refractivity contribution >= 4 is 5.82 Å². The van der Waals surface area contributed by atoms with Gasteiger partial charge in [0.2, 0.25) is 0 Å². The van der Waals surface area contributed by atoms with E-state index in [4.69, 9.17) is 15.3 Å². The fourth-order valence-electron chi connectivity index (χ4n) is 1.69. The highest BCUT2D eigenvalue weighted by atomic mass is 16.5. The molecule has 1 aliphatic rings. The number of nitrogens with zero attached hydrogens (tertiary/aromatic N) is 1. The van der Waals surface area contributed by atoms with Crippen molar-refractivity contribution < 1.29 is 9.47 Å². The Kier molecular flexibility index (Phi) is 4.10. The number of hydrogen-bond acceptors (Lipinski definition) is 5. The molecule has 0 atom stereocenters. The molecule has 5 heteroatoms. The molecule has 0 amide bonds. The van der Waals surface area contributed by atoms with E-state index in [2.05, 4.69) is 10.4 Å². The smallest absolute Gasteiger partial charge is 0.140 e. The average Bonchev–Trinajstić information content (AvgIpc) is 2.38. The SMILES string of the molecule is NNc1cccc(COC2CCOCC2)n1. The minimum absolute atomic E-state index is 0.296. The van der Waals surface area contributed by atoms with Crippen LogP contribution in [0.5, 0.6) is 0 Å². The van der Waals surface area contributed by atoms with Crippen molar-refractivity contribution in [2.75, 3.05) is 18.6 Å². The summed E-state index contributed by atoms with van der Waals surface area (Å²) in [5.41, 5.74) is 3.41. The first-order valence-electron chi connectivity index (χ1n) is 5.50. The number of anilines is 1. The van der Waals surface area contributed by atoms with Crippen molar-refractivity contribution in [2.24, 2.45) is 5.84 Å². The van der Waals surface area contributed by atoms with Gasteiger partial charge in [0, 0.05) is 13.2 Å². The first kappa shape index (κ1) is 11.3. The third-order valence-corrected chi connectivity index (χ3v) is 2.59. The summed E-state index contributed by atoms with van der Waals surface area (Å²) in [6, 6.07) is 5.66.